The van der Waals surface area contributed by atoms with Gasteiger partial charge >= 0.3 is 0 Å². The molecule has 78 valence electrons. The van der Waals surface area contributed by atoms with Gasteiger partial charge in [0.25, 0.3) is 0 Å². The summed E-state index contributed by atoms with van der Waals surface area (Å²) in [5, 5.41) is 12.5. The van der Waals surface area contributed by atoms with E-state index in [0.717, 1.165) is 26.2 Å². The van der Waals surface area contributed by atoms with Gasteiger partial charge in [-0.25, -0.2) is 0 Å². The minimum atomic E-state index is -0.282. The van der Waals surface area contributed by atoms with Crippen LogP contribution in [-0.4, -0.2) is 62.6 Å². The van der Waals surface area contributed by atoms with Gasteiger partial charge in [0.2, 0.25) is 0 Å². The lowest BCUT2D eigenvalue weighted by Gasteiger charge is -2.25. The average Bonchev–Trinajstić information content (AvgIpc) is 2.55. The maximum Gasteiger partial charge on any atom is 0.0791 e. The van der Waals surface area contributed by atoms with Crippen LogP contribution in [0, 0.1) is 0 Å². The van der Waals surface area contributed by atoms with Gasteiger partial charge in [-0.3, -0.25) is 4.90 Å². The lowest BCUT2D eigenvalue weighted by atomic mass is 10.2. The molecule has 0 amide bonds. The Bertz CT molecular complexity index is 138. The molecule has 0 aromatic rings. The van der Waals surface area contributed by atoms with Crippen molar-refractivity contribution in [1.29, 1.82) is 0 Å². The van der Waals surface area contributed by atoms with E-state index in [1.54, 1.807) is 0 Å². The highest BCUT2D eigenvalue weighted by Gasteiger charge is 2.21. The Balaban J connectivity index is 2.18. The van der Waals surface area contributed by atoms with Crippen LogP contribution in [-0.2, 0) is 4.74 Å². The van der Waals surface area contributed by atoms with Crippen molar-refractivity contribution in [3.05, 3.63) is 0 Å². The van der Waals surface area contributed by atoms with E-state index in [-0.39, 0.29) is 6.10 Å². The highest BCUT2D eigenvalue weighted by atomic mass is 16.5. The summed E-state index contributed by atoms with van der Waals surface area (Å²) in [5.74, 6) is 0. The zero-order valence-corrected chi connectivity index (χ0v) is 8.49. The lowest BCUT2D eigenvalue weighted by Crippen LogP contribution is -2.41. The first-order valence-corrected chi connectivity index (χ1v) is 4.84. The molecular formula is C9H20N2O2. The third-order valence-corrected chi connectivity index (χ3v) is 2.47. The molecule has 1 fully saturated rings. The lowest BCUT2D eigenvalue weighted by molar-refractivity contribution is 0.0955. The van der Waals surface area contributed by atoms with E-state index in [4.69, 9.17) is 4.74 Å². The fourth-order valence-corrected chi connectivity index (χ4v) is 1.65. The smallest absolute Gasteiger partial charge is 0.0791 e. The number of ether oxygens (including phenoxy) is 1. The average molecular weight is 188 g/mol. The van der Waals surface area contributed by atoms with Crippen molar-refractivity contribution in [2.24, 2.45) is 0 Å². The molecule has 0 bridgehead atoms. The van der Waals surface area contributed by atoms with Crippen LogP contribution in [0.25, 0.3) is 0 Å². The van der Waals surface area contributed by atoms with E-state index < -0.39 is 0 Å². The zero-order chi connectivity index (χ0) is 9.68. The molecule has 4 nitrogen and oxygen atoms in total. The van der Waals surface area contributed by atoms with Gasteiger partial charge in [0, 0.05) is 25.7 Å². The molecule has 0 aliphatic carbocycles. The number of nitrogens with zero attached hydrogens (tertiary/aromatic N) is 1. The predicted molar refractivity (Wildman–Crippen MR) is 51.8 cm³/mol. The number of rotatable bonds is 5. The van der Waals surface area contributed by atoms with Crippen LogP contribution in [0.1, 0.15) is 6.42 Å². The van der Waals surface area contributed by atoms with Crippen LogP contribution >= 0.6 is 0 Å². The minimum absolute atomic E-state index is 0.282. The summed E-state index contributed by atoms with van der Waals surface area (Å²) in [6.45, 7) is 3.03. The second-order valence-corrected chi connectivity index (χ2v) is 3.67. The second kappa shape index (κ2) is 5.54. The van der Waals surface area contributed by atoms with E-state index in [1.165, 1.54) is 0 Å². The van der Waals surface area contributed by atoms with Crippen molar-refractivity contribution in [1.82, 2.24) is 10.2 Å². The monoisotopic (exact) mass is 188 g/mol. The highest BCUT2D eigenvalue weighted by Crippen LogP contribution is 2.10. The van der Waals surface area contributed by atoms with Crippen LogP contribution in [0.4, 0.5) is 0 Å². The number of aliphatic hydroxyl groups excluding tert-OH is 1. The van der Waals surface area contributed by atoms with E-state index in [0.29, 0.717) is 12.6 Å². The quantitative estimate of drug-likeness (QED) is 0.598. The first-order chi connectivity index (χ1) is 6.24. The Morgan fingerprint density at radius 3 is 3.00 bits per heavy atom. The Labute approximate surface area is 79.9 Å². The van der Waals surface area contributed by atoms with Crippen LogP contribution in [0.5, 0.6) is 0 Å². The second-order valence-electron chi connectivity index (χ2n) is 3.67. The van der Waals surface area contributed by atoms with Crippen molar-refractivity contribution in [2.75, 3.05) is 40.4 Å². The molecule has 13 heavy (non-hydrogen) atoms. The standard InChI is InChI=1S/C9H20N2O2/c1-10-5-9(12)6-11(2)8-3-4-13-7-8/h8-10,12H,3-7H2,1-2H3. The molecular weight excluding hydrogens is 168 g/mol. The Kier molecular flexibility index (Phi) is 4.66. The topological polar surface area (TPSA) is 44.7 Å². The molecule has 1 heterocycles. The number of hydrogen-bond donors (Lipinski definition) is 2. The van der Waals surface area contributed by atoms with Crippen molar-refractivity contribution in [3.63, 3.8) is 0 Å². The predicted octanol–water partition coefficient (Wildman–Crippen LogP) is -0.713. The van der Waals surface area contributed by atoms with Gasteiger partial charge in [-0.15, -0.1) is 0 Å². The summed E-state index contributed by atoms with van der Waals surface area (Å²) in [4.78, 5) is 2.18. The van der Waals surface area contributed by atoms with E-state index >= 15 is 0 Å². The van der Waals surface area contributed by atoms with Crippen molar-refractivity contribution >= 4 is 0 Å². The first kappa shape index (κ1) is 10.9. The van der Waals surface area contributed by atoms with Gasteiger partial charge in [-0.05, 0) is 20.5 Å². The van der Waals surface area contributed by atoms with Crippen molar-refractivity contribution in [3.8, 4) is 0 Å². The first-order valence-electron chi connectivity index (χ1n) is 4.84. The van der Waals surface area contributed by atoms with E-state index in [1.807, 2.05) is 14.1 Å². The summed E-state index contributed by atoms with van der Waals surface area (Å²) in [6, 6.07) is 0.492. The summed E-state index contributed by atoms with van der Waals surface area (Å²) >= 11 is 0. The van der Waals surface area contributed by atoms with Gasteiger partial charge in [0.05, 0.1) is 12.7 Å². The fourth-order valence-electron chi connectivity index (χ4n) is 1.65. The Hall–Kier alpha value is -0.160. The molecule has 2 N–H and O–H groups in total. The van der Waals surface area contributed by atoms with Crippen LogP contribution < -0.4 is 5.32 Å². The zero-order valence-electron chi connectivity index (χ0n) is 8.49. The third kappa shape index (κ3) is 3.60. The largest absolute Gasteiger partial charge is 0.390 e. The van der Waals surface area contributed by atoms with Gasteiger partial charge < -0.3 is 15.2 Å². The van der Waals surface area contributed by atoms with Crippen molar-refractivity contribution < 1.29 is 9.84 Å². The summed E-state index contributed by atoms with van der Waals surface area (Å²) < 4.78 is 5.28. The molecule has 4 heteroatoms. The third-order valence-electron chi connectivity index (χ3n) is 2.47. The molecule has 2 unspecified atom stereocenters. The summed E-state index contributed by atoms with van der Waals surface area (Å²) in [7, 11) is 3.89. The molecule has 1 rings (SSSR count). The fraction of sp³-hybridized carbons (Fsp3) is 1.00. The molecule has 1 saturated heterocycles. The molecule has 1 aliphatic rings. The molecule has 0 aromatic heterocycles. The molecule has 0 radical (unpaired) electrons. The van der Waals surface area contributed by atoms with Crippen molar-refractivity contribution in [2.45, 2.75) is 18.6 Å². The summed E-state index contributed by atoms with van der Waals surface area (Å²) in [6.07, 6.45) is 0.804. The number of aliphatic hydroxyl groups is 1. The van der Waals surface area contributed by atoms with Gasteiger partial charge in [0.1, 0.15) is 0 Å². The SMILES string of the molecule is CNCC(O)CN(C)C1CCOC1. The Morgan fingerprint density at radius 2 is 2.46 bits per heavy atom. The normalized spacial score (nSPS) is 25.4. The maximum absolute atomic E-state index is 9.53. The Morgan fingerprint density at radius 1 is 1.69 bits per heavy atom. The molecule has 0 aromatic carbocycles. The number of hydrogen-bond acceptors (Lipinski definition) is 4. The van der Waals surface area contributed by atoms with E-state index in [2.05, 4.69) is 10.2 Å². The van der Waals surface area contributed by atoms with E-state index in [9.17, 15) is 5.11 Å². The number of nitrogens with one attached hydrogen (secondary N) is 1. The molecule has 0 saturated carbocycles. The van der Waals surface area contributed by atoms with Gasteiger partial charge in [-0.2, -0.15) is 0 Å². The molecule has 0 spiro atoms. The maximum atomic E-state index is 9.53. The molecule has 2 atom stereocenters. The summed E-state index contributed by atoms with van der Waals surface area (Å²) in [5.41, 5.74) is 0. The van der Waals surface area contributed by atoms with Crippen LogP contribution in [0.3, 0.4) is 0 Å². The molecule has 1 aliphatic heterocycles. The minimum Gasteiger partial charge on any atom is -0.390 e. The van der Waals surface area contributed by atoms with Crippen LogP contribution in [0.2, 0.25) is 0 Å². The van der Waals surface area contributed by atoms with Gasteiger partial charge in [0.15, 0.2) is 0 Å². The van der Waals surface area contributed by atoms with Gasteiger partial charge in [-0.1, -0.05) is 0 Å². The number of likely N-dealkylation sites (N-methyl/N-ethyl adjacent to an activating group) is 2. The van der Waals surface area contributed by atoms with Crippen LogP contribution in [0.15, 0.2) is 0 Å². The highest BCUT2D eigenvalue weighted by molar-refractivity contribution is 4.75.